The van der Waals surface area contributed by atoms with Gasteiger partial charge in [0.05, 0.1) is 158 Å². The zero-order chi connectivity index (χ0) is 106. The molecule has 6 aliphatic rings. The minimum Gasteiger partial charge on any atom is -0.481 e. The number of fused-ring (bicyclic) bond motifs is 3. The lowest BCUT2D eigenvalue weighted by Crippen LogP contribution is -2.52. The molecule has 0 saturated carbocycles. The molecular weight excluding hydrogens is 1880 g/mol. The fraction of sp³-hybridized carbons (Fsp3) is 0.621. The summed E-state index contributed by atoms with van der Waals surface area (Å²) in [7, 11) is 2.25. The van der Waals surface area contributed by atoms with E-state index in [0.29, 0.717) is 186 Å². The number of nitrogen functional groups attached to an aromatic ring is 1. The van der Waals surface area contributed by atoms with Crippen LogP contribution in [0.5, 0.6) is 0 Å². The van der Waals surface area contributed by atoms with Crippen LogP contribution in [0.25, 0.3) is 0 Å². The van der Waals surface area contributed by atoms with Crippen LogP contribution in [0.1, 0.15) is 211 Å². The van der Waals surface area contributed by atoms with Crippen LogP contribution in [0.3, 0.4) is 0 Å². The zero-order valence-electron chi connectivity index (χ0n) is 82.3. The number of alkyl halides is 3. The van der Waals surface area contributed by atoms with Crippen molar-refractivity contribution >= 4 is 122 Å². The summed E-state index contributed by atoms with van der Waals surface area (Å²) >= 11 is 0. The number of nitrogens with two attached hydrogens (primary N) is 1. The van der Waals surface area contributed by atoms with Crippen molar-refractivity contribution in [2.75, 3.05) is 175 Å². The summed E-state index contributed by atoms with van der Waals surface area (Å²) in [6, 6.07) is 14.1. The quantitative estimate of drug-likeness (QED) is 0.00410. The SMILES string of the molecule is C.C.C=CC(=O)OC(C)(C)C.CC(C)(C)OC(=O)CCOCCOCC=O.CC(C)(C)OC(=O)CCOCCOCCNc1cccc2c1CN(C1CCC(=O)NC1=O)C2=O.CC(C)(C)OC(=O)CCOCCOCCO.Nc1cccc2c1CN(C1CCC(=O)NC1=O)C2=O.O=C(O)CCOCCOCCNc1cccc2c1CN(C1CCC(=O)NC1=O)C2=O.O=CC(F)(F)F.OCCOCCO.[2H]CP. The minimum absolute atomic E-state index is 0. The number of esters is 4. The predicted octanol–water partition coefficient (Wildman–Crippen LogP) is 6.73. The molecule has 4 atom stereocenters. The third kappa shape index (κ3) is 58.3. The number of rotatable bonds is 44. The number of nitrogens with zero attached hydrogens (tertiary/aromatic N) is 3. The van der Waals surface area contributed by atoms with E-state index in [4.69, 9.17) is 89.2 Å². The van der Waals surface area contributed by atoms with Crippen LogP contribution in [-0.2, 0) is 144 Å². The second kappa shape index (κ2) is 71.5. The van der Waals surface area contributed by atoms with Gasteiger partial charge in [-0.3, -0.25) is 83.1 Å². The average molecular weight is 2030 g/mol. The summed E-state index contributed by atoms with van der Waals surface area (Å²) in [5.74, 6) is -4.87. The molecule has 9 rings (SSSR count). The molecule has 9 amide bonds. The van der Waals surface area contributed by atoms with Crippen molar-refractivity contribution in [2.24, 2.45) is 0 Å². The number of halogens is 3. The van der Waals surface area contributed by atoms with Crippen molar-refractivity contribution in [1.82, 2.24) is 30.7 Å². The van der Waals surface area contributed by atoms with Crippen molar-refractivity contribution in [1.29, 1.82) is 0 Å². The largest absolute Gasteiger partial charge is 0.481 e. The van der Waals surface area contributed by atoms with Gasteiger partial charge in [0.25, 0.3) is 17.7 Å². The first kappa shape index (κ1) is 130. The monoisotopic (exact) mass is 2030 g/mol. The van der Waals surface area contributed by atoms with Crippen LogP contribution in [0.4, 0.5) is 30.2 Å². The highest BCUT2D eigenvalue weighted by Crippen LogP contribution is 2.35. The molecule has 3 aromatic carbocycles. The Kier molecular flexibility index (Phi) is 65.9. The van der Waals surface area contributed by atoms with E-state index in [9.17, 15) is 85.1 Å². The lowest BCUT2D eigenvalue weighted by atomic mass is 10.0. The van der Waals surface area contributed by atoms with Crippen LogP contribution >= 0.6 is 9.24 Å². The first-order chi connectivity index (χ1) is 66.0. The van der Waals surface area contributed by atoms with Gasteiger partial charge in [-0.15, -0.1) is 9.24 Å². The Hall–Kier alpha value is -10.9. The van der Waals surface area contributed by atoms with E-state index in [1.807, 2.05) is 95.2 Å². The molecule has 42 nitrogen and oxygen atoms in total. The molecule has 46 heteroatoms. The third-order valence-corrected chi connectivity index (χ3v) is 18.1. The summed E-state index contributed by atoms with van der Waals surface area (Å²) in [4.78, 5) is 186. The summed E-state index contributed by atoms with van der Waals surface area (Å²) in [6.07, 6.45) is -1.49. The van der Waals surface area contributed by atoms with E-state index < -0.39 is 76.7 Å². The van der Waals surface area contributed by atoms with Gasteiger partial charge < -0.3 is 118 Å². The van der Waals surface area contributed by atoms with E-state index >= 15 is 0 Å². The lowest BCUT2D eigenvalue weighted by Gasteiger charge is -2.29. The van der Waals surface area contributed by atoms with Gasteiger partial charge in [-0.1, -0.05) is 46.3 Å². The average Bonchev–Trinajstić information content (AvgIpc) is 1.64. The van der Waals surface area contributed by atoms with Crippen LogP contribution < -0.4 is 32.3 Å². The van der Waals surface area contributed by atoms with Crippen LogP contribution in [0.15, 0.2) is 67.3 Å². The number of hydrogen-bond donors (Lipinski definition) is 10. The molecule has 3 aromatic rings. The predicted molar refractivity (Wildman–Crippen MR) is 514 cm³/mol. The number of imide groups is 3. The van der Waals surface area contributed by atoms with Gasteiger partial charge in [0.2, 0.25) is 41.7 Å². The molecule has 6 aliphatic heterocycles. The molecule has 0 bridgehead atoms. The van der Waals surface area contributed by atoms with Crippen molar-refractivity contribution in [3.63, 3.8) is 0 Å². The Morgan fingerprint density at radius 3 is 1.00 bits per heavy atom. The maximum absolute atomic E-state index is 12.9. The van der Waals surface area contributed by atoms with Crippen LogP contribution in [-0.4, -0.2) is 336 Å². The van der Waals surface area contributed by atoms with Crippen molar-refractivity contribution < 1.29 is 173 Å². The molecular formula is C95H149F3N9O33P. The first-order valence-electron chi connectivity index (χ1n) is 45.4. The Balaban J connectivity index is 0. The Morgan fingerprint density at radius 1 is 0.454 bits per heavy atom. The van der Waals surface area contributed by atoms with Gasteiger partial charge >= 0.3 is 36.0 Å². The topological polar surface area (TPSA) is 570 Å². The minimum atomic E-state index is -4.64. The van der Waals surface area contributed by atoms with Crippen molar-refractivity contribution in [2.45, 2.75) is 228 Å². The summed E-state index contributed by atoms with van der Waals surface area (Å²) in [5, 5.41) is 46.5. The van der Waals surface area contributed by atoms with E-state index in [0.717, 1.165) is 34.1 Å². The number of aliphatic hydroxyl groups excluding tert-OH is 3. The van der Waals surface area contributed by atoms with Gasteiger partial charge in [-0.05, 0) is 139 Å². The molecule has 0 spiro atoms. The number of anilines is 3. The van der Waals surface area contributed by atoms with E-state index in [2.05, 4.69) is 47.1 Å². The Morgan fingerprint density at radius 2 is 0.730 bits per heavy atom. The third-order valence-electron chi connectivity index (χ3n) is 18.1. The number of aldehydes is 2. The fourth-order valence-corrected chi connectivity index (χ4v) is 12.4. The Bertz CT molecular complexity index is 4390. The van der Waals surface area contributed by atoms with Gasteiger partial charge in [-0.25, -0.2) is 4.79 Å². The smallest absolute Gasteiger partial charge is 0.446 e. The number of nitrogens with one attached hydrogen (secondary N) is 5. The number of piperidine rings is 3. The number of carbonyl (C=O) groups is 16. The zero-order valence-corrected chi connectivity index (χ0v) is 82.4. The molecule has 798 valence electrons. The number of amides is 9. The van der Waals surface area contributed by atoms with Crippen molar-refractivity contribution in [3.05, 3.63) is 101 Å². The number of hydrogen-bond acceptors (Lipinski definition) is 35. The van der Waals surface area contributed by atoms with Gasteiger partial charge in [-0.2, -0.15) is 13.2 Å². The molecule has 3 saturated heterocycles. The molecule has 3 fully saturated rings. The van der Waals surface area contributed by atoms with Crippen LogP contribution in [0, 0.1) is 0 Å². The number of carbonyl (C=O) groups excluding carboxylic acids is 15. The number of ether oxygens (including phenoxy) is 13. The van der Waals surface area contributed by atoms with Gasteiger partial charge in [0.1, 0.15) is 53.4 Å². The lowest BCUT2D eigenvalue weighted by molar-refractivity contribution is -0.157. The highest BCUT2D eigenvalue weighted by molar-refractivity contribution is 7.15. The highest BCUT2D eigenvalue weighted by Gasteiger charge is 2.43. The number of carboxylic acid groups (broad SMARTS) is 1. The van der Waals surface area contributed by atoms with Gasteiger partial charge in [0, 0.05) is 110 Å². The fourth-order valence-electron chi connectivity index (χ4n) is 12.4. The molecule has 4 unspecified atom stereocenters. The standard InChI is InChI=1S/C24H33N3O7.C20H25N3O7.C13H13N3O3.C11H22O5.C11H20O5.C7H12O2.C4H10O3.C2HF3O.CH5P.2CH4/c1-24(2,3)34-21(29)9-11-32-13-14-33-12-10-25-18-6-4-5-16-17(18)15-27(23(16)31)19-7-8-20(28)26-22(19)30;24-17-5-4-16(19(27)22-17)23-12-14-13(20(23)28)2-1-3-15(14)21-7-9-30-11-10-29-8-6-18(25)26;14-9-3-1-2-7-8(9)6-16(13(7)19)10-4-5-11(17)15-12(10)18;2*1-11(2,3)16-10(13)4-6-14-8-9-15-7-5-12;1-5-6(8)9-7(2,3)4;5-1-3-7-4-2-6;3-2(4,5)1-6;1-2;;/h4-6,19,25H,7-15H2,1-3H3,(H,26,28,30);1-3,16,21H,4-12H2,(H,25,26)(H,22,24,27);1-3,10H,4-6,14H2,(H,15,17,18);12H,4-9H2,1-3H3;5H,4,6-9H2,1-3H3;5H,1H2,2-4H3;5-6H,1-4H2;1H;2H2,1H3;2*1H4/i;;;;;;;;1D;;. The number of carboxylic acids is 1. The maximum Gasteiger partial charge on any atom is 0.446 e. The van der Waals surface area contributed by atoms with E-state index in [1.165, 1.54) is 14.7 Å². The van der Waals surface area contributed by atoms with Crippen LogP contribution in [0.2, 0.25) is 0 Å². The summed E-state index contributed by atoms with van der Waals surface area (Å²) in [5.41, 5.74) is 10.3. The maximum atomic E-state index is 12.9. The summed E-state index contributed by atoms with van der Waals surface area (Å²) < 4.78 is 104. The summed E-state index contributed by atoms with van der Waals surface area (Å²) in [6.45, 7) is 33.6. The van der Waals surface area contributed by atoms with E-state index in [-0.39, 0.29) is 159 Å². The highest BCUT2D eigenvalue weighted by atomic mass is 31.0. The molecule has 6 heterocycles. The second-order valence-electron chi connectivity index (χ2n) is 34.0. The number of benzene rings is 3. The molecule has 141 heavy (non-hydrogen) atoms. The molecule has 0 aliphatic carbocycles. The number of aliphatic carboxylic acids is 1. The molecule has 11 N–H and O–H groups in total. The molecule has 0 radical (unpaired) electrons. The first-order valence-corrected chi connectivity index (χ1v) is 45.5. The normalized spacial score (nSPS) is 15.6. The van der Waals surface area contributed by atoms with E-state index in [1.54, 1.807) is 42.5 Å². The number of aliphatic hydroxyl groups is 3. The second-order valence-corrected chi connectivity index (χ2v) is 34.0. The van der Waals surface area contributed by atoms with Crippen molar-refractivity contribution in [3.8, 4) is 0 Å². The Labute approximate surface area is 826 Å². The van der Waals surface area contributed by atoms with Gasteiger partial charge in [0.15, 0.2) is 0 Å². The molecule has 0 aromatic heterocycles.